The molecule has 0 aromatic carbocycles. The molecule has 1 aliphatic carbocycles. The molecule has 0 aromatic rings. The molecule has 0 amide bonds. The largest absolute Gasteiger partial charge is 0.317 e. The SMILES string of the molecule is CCC(CC=CC1CC1)CC(C)NC. The number of hydrogen-bond acceptors (Lipinski definition) is 1. The highest BCUT2D eigenvalue weighted by Gasteiger charge is 2.17. The lowest BCUT2D eigenvalue weighted by Gasteiger charge is -2.17. The van der Waals surface area contributed by atoms with Crippen LogP contribution in [0.15, 0.2) is 12.2 Å². The molecule has 0 heterocycles. The molecule has 1 aliphatic rings. The van der Waals surface area contributed by atoms with E-state index in [1.54, 1.807) is 0 Å². The van der Waals surface area contributed by atoms with Crippen LogP contribution in [-0.4, -0.2) is 13.1 Å². The van der Waals surface area contributed by atoms with Crippen LogP contribution in [0, 0.1) is 11.8 Å². The zero-order valence-electron chi connectivity index (χ0n) is 9.92. The Labute approximate surface area is 89.0 Å². The number of nitrogens with one attached hydrogen (secondary N) is 1. The standard InChI is InChI=1S/C13H25N/c1-4-12(10-11(2)14-3)6-5-7-13-8-9-13/h5,7,11-14H,4,6,8-10H2,1-3H3. The van der Waals surface area contributed by atoms with Crippen molar-refractivity contribution in [3.05, 3.63) is 12.2 Å². The molecule has 2 atom stereocenters. The van der Waals surface area contributed by atoms with Gasteiger partial charge in [0, 0.05) is 6.04 Å². The van der Waals surface area contributed by atoms with Gasteiger partial charge in [-0.2, -0.15) is 0 Å². The van der Waals surface area contributed by atoms with Crippen LogP contribution in [0.5, 0.6) is 0 Å². The van der Waals surface area contributed by atoms with E-state index in [2.05, 4.69) is 38.4 Å². The Hall–Kier alpha value is -0.300. The van der Waals surface area contributed by atoms with Crippen molar-refractivity contribution in [2.75, 3.05) is 7.05 Å². The van der Waals surface area contributed by atoms with Gasteiger partial charge in [-0.1, -0.05) is 25.5 Å². The molecule has 0 bridgehead atoms. The van der Waals surface area contributed by atoms with E-state index in [1.165, 1.54) is 32.1 Å². The van der Waals surface area contributed by atoms with Gasteiger partial charge >= 0.3 is 0 Å². The molecule has 0 aromatic heterocycles. The first kappa shape index (κ1) is 11.8. The monoisotopic (exact) mass is 195 g/mol. The van der Waals surface area contributed by atoms with Crippen molar-refractivity contribution in [3.8, 4) is 0 Å². The van der Waals surface area contributed by atoms with E-state index in [0.717, 1.165) is 11.8 Å². The average molecular weight is 195 g/mol. The molecule has 1 N–H and O–H groups in total. The summed E-state index contributed by atoms with van der Waals surface area (Å²) in [6, 6.07) is 0.661. The van der Waals surface area contributed by atoms with Crippen LogP contribution in [-0.2, 0) is 0 Å². The van der Waals surface area contributed by atoms with Gasteiger partial charge in [-0.05, 0) is 51.5 Å². The molecule has 0 aliphatic heterocycles. The van der Waals surface area contributed by atoms with Gasteiger partial charge in [-0.25, -0.2) is 0 Å². The van der Waals surface area contributed by atoms with E-state index < -0.39 is 0 Å². The number of rotatable bonds is 7. The zero-order chi connectivity index (χ0) is 10.4. The van der Waals surface area contributed by atoms with Gasteiger partial charge in [0.15, 0.2) is 0 Å². The molecule has 1 saturated carbocycles. The first-order chi connectivity index (χ1) is 6.76. The van der Waals surface area contributed by atoms with E-state index >= 15 is 0 Å². The van der Waals surface area contributed by atoms with Gasteiger partial charge in [-0.15, -0.1) is 0 Å². The summed E-state index contributed by atoms with van der Waals surface area (Å²) in [6.07, 6.45) is 11.6. The molecule has 1 nitrogen and oxygen atoms in total. The maximum Gasteiger partial charge on any atom is 0.00384 e. The molecular formula is C13H25N. The molecule has 0 saturated heterocycles. The summed E-state index contributed by atoms with van der Waals surface area (Å²) >= 11 is 0. The van der Waals surface area contributed by atoms with Crippen LogP contribution in [0.2, 0.25) is 0 Å². The third-order valence-electron chi connectivity index (χ3n) is 3.26. The van der Waals surface area contributed by atoms with Gasteiger partial charge in [0.25, 0.3) is 0 Å². The minimum absolute atomic E-state index is 0.661. The molecule has 82 valence electrons. The molecule has 0 radical (unpaired) electrons. The quantitative estimate of drug-likeness (QED) is 0.614. The van der Waals surface area contributed by atoms with Crippen molar-refractivity contribution >= 4 is 0 Å². The maximum absolute atomic E-state index is 3.32. The van der Waals surface area contributed by atoms with Crippen molar-refractivity contribution < 1.29 is 0 Å². The number of allylic oxidation sites excluding steroid dienone is 2. The van der Waals surface area contributed by atoms with Crippen molar-refractivity contribution in [2.24, 2.45) is 11.8 Å². The van der Waals surface area contributed by atoms with Crippen molar-refractivity contribution in [1.29, 1.82) is 0 Å². The predicted octanol–water partition coefficient (Wildman–Crippen LogP) is 3.37. The Kier molecular flexibility index (Phi) is 5.24. The van der Waals surface area contributed by atoms with Crippen LogP contribution < -0.4 is 5.32 Å². The second-order valence-electron chi connectivity index (χ2n) is 4.70. The third kappa shape index (κ3) is 4.80. The number of hydrogen-bond donors (Lipinski definition) is 1. The smallest absolute Gasteiger partial charge is 0.00384 e. The Morgan fingerprint density at radius 3 is 2.64 bits per heavy atom. The molecule has 1 rings (SSSR count). The summed E-state index contributed by atoms with van der Waals surface area (Å²) < 4.78 is 0. The van der Waals surface area contributed by atoms with Crippen LogP contribution in [0.25, 0.3) is 0 Å². The Balaban J connectivity index is 2.15. The molecular weight excluding hydrogens is 170 g/mol. The van der Waals surface area contributed by atoms with E-state index in [1.807, 2.05) is 0 Å². The van der Waals surface area contributed by atoms with E-state index in [9.17, 15) is 0 Å². The summed E-state index contributed by atoms with van der Waals surface area (Å²) in [5, 5.41) is 3.32. The lowest BCUT2D eigenvalue weighted by atomic mass is 9.94. The maximum atomic E-state index is 3.32. The fourth-order valence-corrected chi connectivity index (χ4v) is 1.80. The topological polar surface area (TPSA) is 12.0 Å². The highest BCUT2D eigenvalue weighted by Crippen LogP contribution is 2.30. The van der Waals surface area contributed by atoms with Gasteiger partial charge in [0.05, 0.1) is 0 Å². The van der Waals surface area contributed by atoms with Gasteiger partial charge in [-0.3, -0.25) is 0 Å². The fraction of sp³-hybridized carbons (Fsp3) is 0.846. The van der Waals surface area contributed by atoms with E-state index in [4.69, 9.17) is 0 Å². The van der Waals surface area contributed by atoms with E-state index in [-0.39, 0.29) is 0 Å². The van der Waals surface area contributed by atoms with Crippen molar-refractivity contribution in [2.45, 2.75) is 52.0 Å². The first-order valence-electron chi connectivity index (χ1n) is 6.10. The second-order valence-corrected chi connectivity index (χ2v) is 4.70. The second kappa shape index (κ2) is 6.23. The molecule has 1 fully saturated rings. The van der Waals surface area contributed by atoms with Crippen molar-refractivity contribution in [3.63, 3.8) is 0 Å². The first-order valence-corrected chi connectivity index (χ1v) is 6.10. The van der Waals surface area contributed by atoms with Crippen LogP contribution in [0.4, 0.5) is 0 Å². The minimum atomic E-state index is 0.661. The molecule has 0 spiro atoms. The Bertz CT molecular complexity index is 170. The summed E-state index contributed by atoms with van der Waals surface area (Å²) in [6.45, 7) is 4.57. The Morgan fingerprint density at radius 2 is 2.14 bits per heavy atom. The lowest BCUT2D eigenvalue weighted by Crippen LogP contribution is -2.24. The van der Waals surface area contributed by atoms with Crippen LogP contribution in [0.3, 0.4) is 0 Å². The minimum Gasteiger partial charge on any atom is -0.317 e. The van der Waals surface area contributed by atoms with Gasteiger partial charge in [0.1, 0.15) is 0 Å². The molecule has 1 heteroatoms. The average Bonchev–Trinajstić information content (AvgIpc) is 2.99. The Morgan fingerprint density at radius 1 is 1.43 bits per heavy atom. The highest BCUT2D eigenvalue weighted by molar-refractivity contribution is 4.96. The lowest BCUT2D eigenvalue weighted by molar-refractivity contribution is 0.407. The van der Waals surface area contributed by atoms with Crippen molar-refractivity contribution in [1.82, 2.24) is 5.32 Å². The molecule has 14 heavy (non-hydrogen) atoms. The fourth-order valence-electron chi connectivity index (χ4n) is 1.80. The summed E-state index contributed by atoms with van der Waals surface area (Å²) in [5.41, 5.74) is 0. The van der Waals surface area contributed by atoms with Crippen LogP contribution in [0.1, 0.15) is 46.0 Å². The normalized spacial score (nSPS) is 21.4. The highest BCUT2D eigenvalue weighted by atomic mass is 14.8. The van der Waals surface area contributed by atoms with Crippen LogP contribution >= 0.6 is 0 Å². The summed E-state index contributed by atoms with van der Waals surface area (Å²) in [7, 11) is 2.05. The van der Waals surface area contributed by atoms with Gasteiger partial charge < -0.3 is 5.32 Å². The third-order valence-corrected chi connectivity index (χ3v) is 3.26. The van der Waals surface area contributed by atoms with Gasteiger partial charge in [0.2, 0.25) is 0 Å². The summed E-state index contributed by atoms with van der Waals surface area (Å²) in [4.78, 5) is 0. The summed E-state index contributed by atoms with van der Waals surface area (Å²) in [5.74, 6) is 1.81. The van der Waals surface area contributed by atoms with E-state index in [0.29, 0.717) is 6.04 Å². The zero-order valence-corrected chi connectivity index (χ0v) is 9.92. The predicted molar refractivity (Wildman–Crippen MR) is 63.4 cm³/mol. The molecule has 2 unspecified atom stereocenters.